The van der Waals surface area contributed by atoms with Crippen molar-refractivity contribution in [2.45, 2.75) is 103 Å². The molecule has 3 amide bonds. The summed E-state index contributed by atoms with van der Waals surface area (Å²) in [6, 6.07) is 17.9. The number of H-pyrrole nitrogens is 4. The maximum Gasteiger partial charge on any atom is 0.351 e. The minimum atomic E-state index is -4.61. The van der Waals surface area contributed by atoms with Crippen molar-refractivity contribution in [1.29, 1.82) is 0 Å². The topological polar surface area (TPSA) is 575 Å². The van der Waals surface area contributed by atoms with Crippen LogP contribution in [0.2, 0.25) is 0 Å². The number of benzene rings is 2. The van der Waals surface area contributed by atoms with Crippen LogP contribution in [0.5, 0.6) is 0 Å². The SMILES string of the molecule is Cc1cn([C@H]2CN([P@@](=O)(OC[C@@H]3CN([P@@](=O)(OC[C@@H]4CN([P@@](=O)(OC[C@@H]5CN([P@@](=O)(OC[C@@H]6CNC[C@H](n7ccc(NC(=O)c8ccccc8)nc7=O)O6)N(C)C)C[C@H](n6cnc7c(=O)[nH]c(NC(=O)C(C)C)nc76)O5)N(C)C)C[C@H](n5cc(C)c(=O)[nH]c5=O)O4)N(C)C)C[C@H](n4cnc5c(=O)[nH]c(NC(=O)C(C)C)nc54)O3)N(C)C)C[C@@H](COC(=O)c3ccccc3)O2)c(=O)[nH]c1=O. The number of morpholine rings is 5. The van der Waals surface area contributed by atoms with Crippen LogP contribution in [-0.4, -0.2) is 314 Å². The Labute approximate surface area is 764 Å². The lowest BCUT2D eigenvalue weighted by atomic mass is 10.2. The quantitative estimate of drug-likeness (QED) is 0.0212. The van der Waals surface area contributed by atoms with Crippen molar-refractivity contribution in [2.75, 3.05) is 171 Å². The highest BCUT2D eigenvalue weighted by atomic mass is 31.2. The first kappa shape index (κ1) is 99.4. The van der Waals surface area contributed by atoms with Gasteiger partial charge in [-0.3, -0.25) is 105 Å². The number of aryl methyl sites for hydroxylation is 2. The number of imidazole rings is 2. The smallest absolute Gasteiger partial charge is 0.351 e. The molecule has 0 saturated carbocycles. The van der Waals surface area contributed by atoms with Crippen LogP contribution in [0.3, 0.4) is 0 Å². The third-order valence-electron chi connectivity index (χ3n) is 22.5. The molecule has 2 aromatic carbocycles. The highest BCUT2D eigenvalue weighted by molar-refractivity contribution is 7.54. The summed E-state index contributed by atoms with van der Waals surface area (Å²) in [5.74, 6) is -3.78. The highest BCUT2D eigenvalue weighted by Gasteiger charge is 2.51. The Morgan fingerprint density at radius 2 is 0.799 bits per heavy atom. The van der Waals surface area contributed by atoms with Gasteiger partial charge in [0.2, 0.25) is 23.7 Å². The Bertz CT molecular complexity index is 6480. The summed E-state index contributed by atoms with van der Waals surface area (Å²) in [5, 5.41) is 11.1. The van der Waals surface area contributed by atoms with E-state index in [-0.39, 0.29) is 116 Å². The molecule has 12 heterocycles. The molecule has 51 nitrogen and oxygen atoms in total. The molecule has 5 aliphatic heterocycles. The number of esters is 1. The fraction of sp³-hybridized carbons (Fsp3) is 0.519. The number of aromatic nitrogens is 14. The van der Waals surface area contributed by atoms with Gasteiger partial charge < -0.3 is 57.1 Å². The van der Waals surface area contributed by atoms with Gasteiger partial charge in [-0.05, 0) is 101 Å². The van der Waals surface area contributed by atoms with E-state index >= 15 is 18.3 Å². The number of aromatic amines is 4. The number of nitrogens with zero attached hydrogens (tertiary/aromatic N) is 18. The highest BCUT2D eigenvalue weighted by Crippen LogP contribution is 2.60. The predicted octanol–water partition coefficient (Wildman–Crippen LogP) is 2.56. The molecule has 5 fully saturated rings. The minimum absolute atomic E-state index is 0.00643. The van der Waals surface area contributed by atoms with E-state index in [0.29, 0.717) is 5.56 Å². The van der Waals surface area contributed by atoms with Crippen LogP contribution in [0.4, 0.5) is 17.7 Å². The van der Waals surface area contributed by atoms with Gasteiger partial charge in [-0.25, -0.2) is 66.5 Å². The van der Waals surface area contributed by atoms with E-state index < -0.39 is 207 Å². The monoisotopic (exact) mass is 1940 g/mol. The van der Waals surface area contributed by atoms with Gasteiger partial charge in [0.15, 0.2) is 41.0 Å². The summed E-state index contributed by atoms with van der Waals surface area (Å²) in [6.45, 7) is 4.37. The van der Waals surface area contributed by atoms with Crippen LogP contribution in [-0.2, 0) is 74.4 Å². The molecule has 0 unspecified atom stereocenters. The third kappa shape index (κ3) is 21.9. The molecular weight excluding hydrogens is 1840 g/mol. The molecule has 9 aromatic rings. The van der Waals surface area contributed by atoms with Crippen LogP contribution in [0, 0.1) is 25.7 Å². The summed E-state index contributed by atoms with van der Waals surface area (Å²) in [5.41, 5.74) is -5.29. The number of amides is 3. The van der Waals surface area contributed by atoms with Crippen molar-refractivity contribution in [3.63, 3.8) is 0 Å². The molecule has 134 heavy (non-hydrogen) atoms. The number of nitrogens with one attached hydrogen (secondary N) is 8. The zero-order chi connectivity index (χ0) is 96.3. The number of ether oxygens (including phenoxy) is 6. The lowest BCUT2D eigenvalue weighted by Crippen LogP contribution is -2.51. The van der Waals surface area contributed by atoms with Crippen molar-refractivity contribution in [3.05, 3.63) is 193 Å². The van der Waals surface area contributed by atoms with Crippen molar-refractivity contribution in [1.82, 2.24) is 110 Å². The maximum absolute atomic E-state index is 16.6. The van der Waals surface area contributed by atoms with Gasteiger partial charge in [0, 0.05) is 86.4 Å². The Balaban J connectivity index is 0.757. The summed E-state index contributed by atoms with van der Waals surface area (Å²) in [6.07, 6.45) is -5.82. The second-order valence-corrected chi connectivity index (χ2v) is 44.2. The van der Waals surface area contributed by atoms with E-state index in [9.17, 15) is 52.7 Å². The lowest BCUT2D eigenvalue weighted by molar-refractivity contribution is -0.132. The second kappa shape index (κ2) is 41.6. The van der Waals surface area contributed by atoms with Gasteiger partial charge in [0.25, 0.3) is 28.1 Å². The number of hydrogen-bond acceptors (Lipinski definition) is 31. The molecule has 0 aliphatic carbocycles. The van der Waals surface area contributed by atoms with E-state index in [4.69, 9.17) is 46.5 Å². The van der Waals surface area contributed by atoms with E-state index in [0.717, 1.165) is 9.13 Å². The maximum atomic E-state index is 16.6. The molecule has 14 rings (SSSR count). The number of anilines is 3. The van der Waals surface area contributed by atoms with Crippen molar-refractivity contribution in [2.24, 2.45) is 11.8 Å². The number of carbonyl (C=O) groups is 4. The Kier molecular flexibility index (Phi) is 30.8. The first-order chi connectivity index (χ1) is 63.6. The van der Waals surface area contributed by atoms with E-state index in [1.165, 1.54) is 159 Å². The van der Waals surface area contributed by atoms with Crippen LogP contribution >= 0.6 is 30.7 Å². The molecule has 5 saturated heterocycles. The third-order valence-corrected chi connectivity index (χ3v) is 32.6. The standard InChI is InChI=1S/C79H108N26O25P4/c1-46(2)67(106)87-75-85-65-63(72(111)89-75)81-44-104(65)61-37-99(131(117,93(7)8)122-40-52-27-80-28-58(126-52)101-26-25-57(84-77(101)114)83-71(110)50-21-17-15-18-22-50)33-55(129-61)43-125-133(119,95(11)12)98-32-54(128-60(36-98)103-30-49(6)70(109)92-79(103)116)41-123-134(120,96(13)14)100-34-56(130-62(38-100)105-45-82-64-66(105)86-76(90-73(64)112)88-68(107)47(3)4)42-124-132(118,94(9)10)97-31-53(39-121-74(113)51-23-19-16-20-24-51)127-59(35-97)102-29-48(5)69(108)91-78(102)115/h15-26,29-30,44-47,52-56,58-62,80H,27-28,31-43H2,1-14H3,(H,91,108,115)(H,92,109,116)(H,83,84,110,114)(H2,85,87,89,106,111)(H2,86,88,90,107,112)/t52-,53-,54-,55-,56-,58+,59+,60+,61+,62+,131-,132-,133-,134-/m0/s1. The van der Waals surface area contributed by atoms with Gasteiger partial charge in [-0.15, -0.1) is 0 Å². The largest absolute Gasteiger partial charge is 0.459 e. The molecule has 0 bridgehead atoms. The number of fused-ring (bicyclic) bond motifs is 2. The van der Waals surface area contributed by atoms with Gasteiger partial charge in [0.1, 0.15) is 31.0 Å². The van der Waals surface area contributed by atoms with E-state index in [2.05, 4.69) is 66.1 Å². The van der Waals surface area contributed by atoms with Crippen LogP contribution in [0.15, 0.2) is 132 Å². The fourth-order valence-corrected chi connectivity index (χ4v) is 23.3. The van der Waals surface area contributed by atoms with Gasteiger partial charge in [-0.1, -0.05) is 64.1 Å². The minimum Gasteiger partial charge on any atom is -0.459 e. The molecule has 55 heteroatoms. The van der Waals surface area contributed by atoms with Gasteiger partial charge in [0.05, 0.1) is 95.2 Å². The second-order valence-electron chi connectivity index (χ2n) is 33.8. The molecular formula is C79H108N26O25P4. The molecule has 0 spiro atoms. The van der Waals surface area contributed by atoms with Gasteiger partial charge in [-0.2, -0.15) is 15.0 Å². The number of carbonyl (C=O) groups excluding carboxylic acids is 4. The first-order valence-corrected chi connectivity index (χ1v) is 48.8. The zero-order valence-electron chi connectivity index (χ0n) is 75.8. The first-order valence-electron chi connectivity index (χ1n) is 42.7. The molecule has 724 valence electrons. The van der Waals surface area contributed by atoms with Crippen molar-refractivity contribution >= 4 is 94.4 Å². The summed E-state index contributed by atoms with van der Waals surface area (Å²) < 4.78 is 148. The van der Waals surface area contributed by atoms with Gasteiger partial charge >= 0.3 is 53.7 Å². The summed E-state index contributed by atoms with van der Waals surface area (Å²) >= 11 is 0. The van der Waals surface area contributed by atoms with Crippen molar-refractivity contribution < 1.29 is 84.0 Å². The average molecular weight is 1950 g/mol. The Morgan fingerprint density at radius 1 is 0.433 bits per heavy atom. The molecule has 0 radical (unpaired) electrons. The molecule has 14 atom stereocenters. The summed E-state index contributed by atoms with van der Waals surface area (Å²) in [7, 11) is -6.17. The zero-order valence-corrected chi connectivity index (χ0v) is 79.4. The normalized spacial score (nSPS) is 23.3. The Hall–Kier alpha value is -10.5. The van der Waals surface area contributed by atoms with E-state index in [1.54, 1.807) is 88.4 Å². The average Bonchev–Trinajstić information content (AvgIpc) is 1.20. The summed E-state index contributed by atoms with van der Waals surface area (Å²) in [4.78, 5) is 179. The van der Waals surface area contributed by atoms with Crippen LogP contribution in [0.25, 0.3) is 22.3 Å². The Morgan fingerprint density at radius 3 is 1.18 bits per heavy atom. The van der Waals surface area contributed by atoms with E-state index in [1.807, 2.05) is 0 Å². The fourth-order valence-electron chi connectivity index (χ4n) is 15.3. The molecule has 7 aromatic heterocycles. The molecule has 8 N–H and O–H groups in total. The number of hydrogen-bond donors (Lipinski definition) is 8. The predicted molar refractivity (Wildman–Crippen MR) is 483 cm³/mol. The van der Waals surface area contributed by atoms with Crippen molar-refractivity contribution in [3.8, 4) is 0 Å². The van der Waals surface area contributed by atoms with Crippen LogP contribution in [0.1, 0.15) is 90.7 Å². The molecule has 5 aliphatic rings. The van der Waals surface area contributed by atoms with Crippen LogP contribution < -0.4 is 60.6 Å². The number of rotatable bonds is 34. The lowest BCUT2D eigenvalue weighted by Gasteiger charge is -2.46.